The molecule has 2 aromatic rings. The van der Waals surface area contributed by atoms with Crippen LogP contribution in [0, 0.1) is 5.92 Å². The Morgan fingerprint density at radius 2 is 2.04 bits per heavy atom. The van der Waals surface area contributed by atoms with Crippen molar-refractivity contribution in [1.82, 2.24) is 19.5 Å². The van der Waals surface area contributed by atoms with E-state index in [0.29, 0.717) is 12.1 Å². The number of carboxylic acids is 1. The largest absolute Gasteiger partial charge is 0.494 e. The monoisotopic (exact) mass is 389 g/mol. The first-order valence-corrected chi connectivity index (χ1v) is 9.02. The molecule has 0 aromatic carbocycles. The van der Waals surface area contributed by atoms with Gasteiger partial charge in [0.15, 0.2) is 17.0 Å². The molecular weight excluding hydrogens is 366 g/mol. The van der Waals surface area contributed by atoms with E-state index in [1.54, 1.807) is 7.05 Å². The minimum atomic E-state index is -1.16. The maximum atomic E-state index is 12.9. The van der Waals surface area contributed by atoms with Gasteiger partial charge in [0.2, 0.25) is 5.88 Å². The average molecular weight is 389 g/mol. The molecule has 10 nitrogen and oxygen atoms in total. The Morgan fingerprint density at radius 1 is 1.36 bits per heavy atom. The zero-order chi connectivity index (χ0) is 20.6. The van der Waals surface area contributed by atoms with Crippen LogP contribution in [0.4, 0.5) is 5.82 Å². The maximum absolute atomic E-state index is 12.9. The molecule has 0 atom stereocenters. The molecule has 28 heavy (non-hydrogen) atoms. The molecule has 2 aromatic heterocycles. The Bertz CT molecular complexity index is 1030. The van der Waals surface area contributed by atoms with Crippen LogP contribution >= 0.6 is 0 Å². The van der Waals surface area contributed by atoms with Gasteiger partial charge in [-0.1, -0.05) is 13.8 Å². The zero-order valence-corrected chi connectivity index (χ0v) is 15.9. The maximum Gasteiger partial charge on any atom is 0.328 e. The van der Waals surface area contributed by atoms with Crippen molar-refractivity contribution in [3.63, 3.8) is 0 Å². The predicted octanol–water partition coefficient (Wildman–Crippen LogP) is 0.889. The highest BCUT2D eigenvalue weighted by Crippen LogP contribution is 2.27. The smallest absolute Gasteiger partial charge is 0.328 e. The van der Waals surface area contributed by atoms with Crippen LogP contribution in [-0.4, -0.2) is 49.4 Å². The minimum Gasteiger partial charge on any atom is -0.494 e. The summed E-state index contributed by atoms with van der Waals surface area (Å²) in [5, 5.41) is 29.5. The van der Waals surface area contributed by atoms with E-state index in [1.165, 1.54) is 10.6 Å². The van der Waals surface area contributed by atoms with E-state index in [2.05, 4.69) is 15.7 Å². The molecule has 1 aliphatic rings. The highest BCUT2D eigenvalue weighted by molar-refractivity contribution is 5.97. The number of aromatic hydroxyl groups is 1. The van der Waals surface area contributed by atoms with Gasteiger partial charge in [-0.2, -0.15) is 4.52 Å². The normalized spacial score (nSPS) is 14.1. The molecule has 0 saturated heterocycles. The van der Waals surface area contributed by atoms with E-state index in [9.17, 15) is 19.5 Å². The lowest BCUT2D eigenvalue weighted by molar-refractivity contribution is -0.131. The molecule has 0 unspecified atom stereocenters. The lowest BCUT2D eigenvalue weighted by Crippen LogP contribution is -2.34. The summed E-state index contributed by atoms with van der Waals surface area (Å²) in [5.41, 5.74) is -0.607. The van der Waals surface area contributed by atoms with E-state index >= 15 is 0 Å². The molecule has 4 N–H and O–H groups in total. The molecule has 0 aliphatic heterocycles. The van der Waals surface area contributed by atoms with Crippen molar-refractivity contribution in [3.8, 4) is 5.88 Å². The van der Waals surface area contributed by atoms with E-state index < -0.39 is 23.3 Å². The number of carbonyl (C=O) groups excluding carboxylic acids is 1. The van der Waals surface area contributed by atoms with Gasteiger partial charge in [0.25, 0.3) is 11.5 Å². The number of hydrogen-bond acceptors (Lipinski definition) is 6. The lowest BCUT2D eigenvalue weighted by Gasteiger charge is -2.17. The van der Waals surface area contributed by atoms with Crippen LogP contribution < -0.4 is 16.2 Å². The van der Waals surface area contributed by atoms with Crippen molar-refractivity contribution in [2.24, 2.45) is 5.92 Å². The molecule has 1 saturated carbocycles. The molecule has 1 fully saturated rings. The lowest BCUT2D eigenvalue weighted by atomic mass is 10.2. The molecule has 1 amide bonds. The second kappa shape index (κ2) is 7.37. The summed E-state index contributed by atoms with van der Waals surface area (Å²) in [4.78, 5) is 36.5. The first kappa shape index (κ1) is 19.5. The van der Waals surface area contributed by atoms with Crippen LogP contribution in [0.3, 0.4) is 0 Å². The van der Waals surface area contributed by atoms with Crippen LogP contribution in [0.25, 0.3) is 11.7 Å². The summed E-state index contributed by atoms with van der Waals surface area (Å²) in [6, 6.07) is 0.0140. The number of hydrogen-bond donors (Lipinski definition) is 4. The van der Waals surface area contributed by atoms with Crippen LogP contribution in [0.2, 0.25) is 0 Å². The number of carboxylic acid groups (broad SMARTS) is 1. The Kier molecular flexibility index (Phi) is 5.12. The molecule has 2 heterocycles. The van der Waals surface area contributed by atoms with Crippen LogP contribution in [-0.2, 0) is 11.3 Å². The van der Waals surface area contributed by atoms with Gasteiger partial charge < -0.3 is 20.8 Å². The molecule has 0 spiro atoms. The van der Waals surface area contributed by atoms with Crippen molar-refractivity contribution < 1.29 is 19.8 Å². The first-order chi connectivity index (χ1) is 13.2. The van der Waals surface area contributed by atoms with Crippen molar-refractivity contribution >= 4 is 29.4 Å². The molecule has 150 valence electrons. The van der Waals surface area contributed by atoms with E-state index in [-0.39, 0.29) is 29.0 Å². The van der Waals surface area contributed by atoms with Gasteiger partial charge in [0.05, 0.1) is 5.56 Å². The van der Waals surface area contributed by atoms with Gasteiger partial charge in [-0.05, 0) is 24.8 Å². The van der Waals surface area contributed by atoms with Crippen LogP contribution in [0.1, 0.15) is 42.6 Å². The van der Waals surface area contributed by atoms with Gasteiger partial charge in [-0.15, -0.1) is 5.10 Å². The summed E-state index contributed by atoms with van der Waals surface area (Å²) < 4.78 is 2.44. The fourth-order valence-electron chi connectivity index (χ4n) is 2.97. The van der Waals surface area contributed by atoms with Gasteiger partial charge >= 0.3 is 5.97 Å². The quantitative estimate of drug-likeness (QED) is 0.516. The summed E-state index contributed by atoms with van der Waals surface area (Å²) in [5.74, 6) is -1.94. The zero-order valence-electron chi connectivity index (χ0n) is 15.9. The SMILES string of the molecule is CNc1nn2c(=O)c(C(=O)NC3CC3)c(O)n(CC(C)C)c2c1/C=C/C(=O)O. The average Bonchev–Trinajstić information content (AvgIpc) is 3.34. The van der Waals surface area contributed by atoms with Gasteiger partial charge in [-0.3, -0.25) is 14.2 Å². The van der Waals surface area contributed by atoms with Crippen LogP contribution in [0.15, 0.2) is 10.9 Å². The molecule has 10 heteroatoms. The predicted molar refractivity (Wildman–Crippen MR) is 103 cm³/mol. The number of nitrogens with one attached hydrogen (secondary N) is 2. The number of anilines is 1. The highest BCUT2D eigenvalue weighted by Gasteiger charge is 2.30. The van der Waals surface area contributed by atoms with Crippen LogP contribution in [0.5, 0.6) is 5.88 Å². The Labute approximate surface area is 160 Å². The number of carbonyl (C=O) groups is 2. The third-order valence-electron chi connectivity index (χ3n) is 4.35. The topological polar surface area (TPSA) is 138 Å². The molecule has 0 radical (unpaired) electrons. The second-order valence-electron chi connectivity index (χ2n) is 7.18. The van der Waals surface area contributed by atoms with Crippen molar-refractivity contribution in [3.05, 3.63) is 27.6 Å². The molecule has 1 aliphatic carbocycles. The van der Waals surface area contributed by atoms with Crippen molar-refractivity contribution in [2.45, 2.75) is 39.3 Å². The van der Waals surface area contributed by atoms with E-state index in [1.807, 2.05) is 13.8 Å². The van der Waals surface area contributed by atoms with Crippen molar-refractivity contribution in [2.75, 3.05) is 12.4 Å². The van der Waals surface area contributed by atoms with Gasteiger partial charge in [0.1, 0.15) is 0 Å². The number of amides is 1. The third-order valence-corrected chi connectivity index (χ3v) is 4.35. The fourth-order valence-corrected chi connectivity index (χ4v) is 2.97. The summed E-state index contributed by atoms with van der Waals surface area (Å²) in [7, 11) is 1.58. The standard InChI is InChI=1S/C18H23N5O5/c1-9(2)8-22-16-11(6-7-12(24)25)14(19-3)21-23(16)18(28)13(17(22)27)15(26)20-10-4-5-10/h6-7,9-10,27H,4-5,8H2,1-3H3,(H,19,21)(H,20,26)(H,24,25)/b7-6+. The number of fused-ring (bicyclic) bond motifs is 1. The molecule has 0 bridgehead atoms. The Hall–Kier alpha value is -3.30. The summed E-state index contributed by atoms with van der Waals surface area (Å²) >= 11 is 0. The first-order valence-electron chi connectivity index (χ1n) is 9.02. The minimum absolute atomic E-state index is 0.0140. The van der Waals surface area contributed by atoms with Gasteiger partial charge in [-0.25, -0.2) is 4.79 Å². The Morgan fingerprint density at radius 3 is 2.57 bits per heavy atom. The summed E-state index contributed by atoms with van der Waals surface area (Å²) in [6.45, 7) is 4.13. The van der Waals surface area contributed by atoms with E-state index in [0.717, 1.165) is 23.4 Å². The molecular formula is C18H23N5O5. The number of rotatable bonds is 7. The molecule has 3 rings (SSSR count). The number of aromatic nitrogens is 3. The second-order valence-corrected chi connectivity index (χ2v) is 7.18. The van der Waals surface area contributed by atoms with Gasteiger partial charge in [0, 0.05) is 25.7 Å². The fraction of sp³-hybridized carbons (Fsp3) is 0.444. The third kappa shape index (κ3) is 3.57. The summed E-state index contributed by atoms with van der Waals surface area (Å²) in [6.07, 6.45) is 3.90. The number of nitrogens with zero attached hydrogens (tertiary/aromatic N) is 3. The highest BCUT2D eigenvalue weighted by atomic mass is 16.4. The van der Waals surface area contributed by atoms with E-state index in [4.69, 9.17) is 5.11 Å². The number of aliphatic carboxylic acids is 1. The Balaban J connectivity index is 2.32. The van der Waals surface area contributed by atoms with Crippen molar-refractivity contribution in [1.29, 1.82) is 0 Å².